The molecular formula is C19H22O2. The molecule has 0 aromatic heterocycles. The summed E-state index contributed by atoms with van der Waals surface area (Å²) in [5, 5.41) is 9.69. The molecular weight excluding hydrogens is 260 g/mol. The van der Waals surface area contributed by atoms with Crippen LogP contribution in [0.2, 0.25) is 0 Å². The number of phenols is 1. The minimum absolute atomic E-state index is 0.102. The summed E-state index contributed by atoms with van der Waals surface area (Å²) in [7, 11) is 0. The van der Waals surface area contributed by atoms with Gasteiger partial charge in [-0.1, -0.05) is 19.1 Å². The van der Waals surface area contributed by atoms with Crippen LogP contribution in [0, 0.1) is 17.3 Å². The van der Waals surface area contributed by atoms with Crippen molar-refractivity contribution in [2.45, 2.75) is 44.9 Å². The van der Waals surface area contributed by atoms with Crippen LogP contribution in [0.3, 0.4) is 0 Å². The number of benzene rings is 1. The minimum atomic E-state index is -0.102. The number of fused-ring (bicyclic) bond motifs is 5. The van der Waals surface area contributed by atoms with Crippen molar-refractivity contribution in [3.05, 3.63) is 41.5 Å². The SMILES string of the molecule is CC[C@]12CC[C@@H]3c4ccc(O)cc4CC[C@H]3[C@@H]1C=CC2=O. The molecule has 2 nitrogen and oxygen atoms in total. The number of hydrogen-bond acceptors (Lipinski definition) is 2. The third kappa shape index (κ3) is 1.68. The Balaban J connectivity index is 1.74. The number of aromatic hydroxyl groups is 1. The number of rotatable bonds is 1. The predicted molar refractivity (Wildman–Crippen MR) is 82.3 cm³/mol. The number of aryl methyl sites for hydroxylation is 1. The molecule has 0 radical (unpaired) electrons. The van der Waals surface area contributed by atoms with E-state index in [9.17, 15) is 9.90 Å². The lowest BCUT2D eigenvalue weighted by Crippen LogP contribution is -2.44. The van der Waals surface area contributed by atoms with Gasteiger partial charge in [-0.2, -0.15) is 0 Å². The molecule has 4 rings (SSSR count). The van der Waals surface area contributed by atoms with Crippen LogP contribution in [0.25, 0.3) is 0 Å². The second-order valence-electron chi connectivity index (χ2n) is 6.99. The summed E-state index contributed by atoms with van der Waals surface area (Å²) in [6.07, 6.45) is 9.32. The second-order valence-corrected chi connectivity index (χ2v) is 6.99. The summed E-state index contributed by atoms with van der Waals surface area (Å²) in [5.74, 6) is 2.33. The molecule has 3 aliphatic carbocycles. The Morgan fingerprint density at radius 2 is 2.19 bits per heavy atom. The molecule has 3 aliphatic rings. The molecule has 0 aliphatic heterocycles. The topological polar surface area (TPSA) is 37.3 Å². The fraction of sp³-hybridized carbons (Fsp3) is 0.526. The maximum absolute atomic E-state index is 12.4. The van der Waals surface area contributed by atoms with E-state index in [0.29, 0.717) is 29.3 Å². The number of carbonyl (C=O) groups is 1. The Hall–Kier alpha value is -1.57. The van der Waals surface area contributed by atoms with Gasteiger partial charge in [0.05, 0.1) is 0 Å². The second kappa shape index (κ2) is 4.46. The van der Waals surface area contributed by atoms with Gasteiger partial charge in [-0.15, -0.1) is 0 Å². The first kappa shape index (κ1) is 13.1. The molecule has 1 aromatic rings. The van der Waals surface area contributed by atoms with Gasteiger partial charge in [-0.05, 0) is 79.2 Å². The van der Waals surface area contributed by atoms with Gasteiger partial charge in [-0.25, -0.2) is 0 Å². The smallest absolute Gasteiger partial charge is 0.162 e. The molecule has 0 saturated heterocycles. The van der Waals surface area contributed by atoms with Crippen LogP contribution in [-0.2, 0) is 11.2 Å². The zero-order valence-corrected chi connectivity index (χ0v) is 12.5. The van der Waals surface area contributed by atoms with Crippen molar-refractivity contribution >= 4 is 5.78 Å². The predicted octanol–water partition coefficient (Wildman–Crippen LogP) is 3.98. The molecule has 1 aromatic carbocycles. The standard InChI is InChI=1S/C19H22O2/c1-2-19-10-9-15-14-6-4-13(20)11-12(14)3-5-16(15)17(19)7-8-18(19)21/h4,6-8,11,15-17,20H,2-3,5,9-10H2,1H3/t15-,16-,17+,19+/m1/s1. The largest absolute Gasteiger partial charge is 0.508 e. The van der Waals surface area contributed by atoms with Crippen LogP contribution in [-0.4, -0.2) is 10.9 Å². The highest BCUT2D eigenvalue weighted by Gasteiger charge is 2.54. The summed E-state index contributed by atoms with van der Waals surface area (Å²) in [6, 6.07) is 5.86. The van der Waals surface area contributed by atoms with E-state index in [0.717, 1.165) is 32.1 Å². The van der Waals surface area contributed by atoms with Gasteiger partial charge in [-0.3, -0.25) is 4.79 Å². The molecule has 0 spiro atoms. The Kier molecular flexibility index (Phi) is 2.79. The van der Waals surface area contributed by atoms with Crippen LogP contribution in [0.15, 0.2) is 30.4 Å². The first-order valence-electron chi connectivity index (χ1n) is 8.20. The molecule has 0 amide bonds. The van der Waals surface area contributed by atoms with Gasteiger partial charge in [0.1, 0.15) is 5.75 Å². The van der Waals surface area contributed by atoms with Crippen molar-refractivity contribution in [2.75, 3.05) is 0 Å². The Bertz CT molecular complexity index is 630. The van der Waals surface area contributed by atoms with Crippen LogP contribution >= 0.6 is 0 Å². The van der Waals surface area contributed by atoms with Crippen molar-refractivity contribution in [3.8, 4) is 5.75 Å². The van der Waals surface area contributed by atoms with Gasteiger partial charge in [0.15, 0.2) is 5.78 Å². The number of hydrogen-bond donors (Lipinski definition) is 1. The molecule has 1 fully saturated rings. The molecule has 0 bridgehead atoms. The summed E-state index contributed by atoms with van der Waals surface area (Å²) >= 11 is 0. The molecule has 1 N–H and O–H groups in total. The zero-order valence-electron chi connectivity index (χ0n) is 12.5. The van der Waals surface area contributed by atoms with Crippen LogP contribution in [0.1, 0.15) is 49.7 Å². The van der Waals surface area contributed by atoms with Gasteiger partial charge in [0, 0.05) is 5.41 Å². The number of ketones is 1. The van der Waals surface area contributed by atoms with Gasteiger partial charge in [0.25, 0.3) is 0 Å². The van der Waals surface area contributed by atoms with Crippen molar-refractivity contribution in [3.63, 3.8) is 0 Å². The van der Waals surface area contributed by atoms with E-state index in [2.05, 4.69) is 19.1 Å². The van der Waals surface area contributed by atoms with E-state index < -0.39 is 0 Å². The fourth-order valence-electron chi connectivity index (χ4n) is 5.27. The zero-order chi connectivity index (χ0) is 14.6. The summed E-state index contributed by atoms with van der Waals surface area (Å²) < 4.78 is 0. The summed E-state index contributed by atoms with van der Waals surface area (Å²) in [6.45, 7) is 2.17. The average Bonchev–Trinajstić information content (AvgIpc) is 2.84. The quantitative estimate of drug-likeness (QED) is 0.846. The normalized spacial score (nSPS) is 37.0. The first-order chi connectivity index (χ1) is 10.2. The lowest BCUT2D eigenvalue weighted by molar-refractivity contribution is -0.128. The Morgan fingerprint density at radius 1 is 1.33 bits per heavy atom. The molecule has 21 heavy (non-hydrogen) atoms. The third-order valence-electron chi connectivity index (χ3n) is 6.37. The summed E-state index contributed by atoms with van der Waals surface area (Å²) in [4.78, 5) is 12.4. The van der Waals surface area contributed by atoms with E-state index >= 15 is 0 Å². The number of allylic oxidation sites excluding steroid dienone is 2. The maximum atomic E-state index is 12.4. The maximum Gasteiger partial charge on any atom is 0.162 e. The highest BCUT2D eigenvalue weighted by molar-refractivity contribution is 5.98. The molecule has 4 atom stereocenters. The fourth-order valence-corrected chi connectivity index (χ4v) is 5.27. The van der Waals surface area contributed by atoms with E-state index in [-0.39, 0.29) is 5.41 Å². The third-order valence-corrected chi connectivity index (χ3v) is 6.37. The van der Waals surface area contributed by atoms with E-state index in [4.69, 9.17) is 0 Å². The number of carbonyl (C=O) groups excluding carboxylic acids is 1. The van der Waals surface area contributed by atoms with Gasteiger partial charge < -0.3 is 5.11 Å². The van der Waals surface area contributed by atoms with Crippen molar-refractivity contribution < 1.29 is 9.90 Å². The minimum Gasteiger partial charge on any atom is -0.508 e. The van der Waals surface area contributed by atoms with E-state index in [1.807, 2.05) is 18.2 Å². The lowest BCUT2D eigenvalue weighted by Gasteiger charge is -2.49. The van der Waals surface area contributed by atoms with Crippen LogP contribution in [0.5, 0.6) is 5.75 Å². The van der Waals surface area contributed by atoms with E-state index in [1.54, 1.807) is 0 Å². The van der Waals surface area contributed by atoms with Crippen molar-refractivity contribution in [1.29, 1.82) is 0 Å². The molecule has 0 heterocycles. The monoisotopic (exact) mass is 282 g/mol. The van der Waals surface area contributed by atoms with Gasteiger partial charge >= 0.3 is 0 Å². The van der Waals surface area contributed by atoms with Crippen LogP contribution < -0.4 is 0 Å². The number of phenolic OH excluding ortho intramolecular Hbond substituents is 1. The molecule has 1 saturated carbocycles. The van der Waals surface area contributed by atoms with Gasteiger partial charge in [0.2, 0.25) is 0 Å². The molecule has 2 heteroatoms. The van der Waals surface area contributed by atoms with Crippen molar-refractivity contribution in [2.24, 2.45) is 17.3 Å². The average molecular weight is 282 g/mol. The Morgan fingerprint density at radius 3 is 3.00 bits per heavy atom. The Labute approximate surface area is 125 Å². The highest BCUT2D eigenvalue weighted by Crippen LogP contribution is 2.58. The summed E-state index contributed by atoms with van der Waals surface area (Å²) in [5.41, 5.74) is 2.63. The highest BCUT2D eigenvalue weighted by atomic mass is 16.3. The van der Waals surface area contributed by atoms with Crippen LogP contribution in [0.4, 0.5) is 0 Å². The first-order valence-corrected chi connectivity index (χ1v) is 8.20. The lowest BCUT2D eigenvalue weighted by atomic mass is 9.54. The van der Waals surface area contributed by atoms with Crippen molar-refractivity contribution in [1.82, 2.24) is 0 Å². The van der Waals surface area contributed by atoms with E-state index in [1.165, 1.54) is 11.1 Å². The molecule has 0 unspecified atom stereocenters. The molecule has 110 valence electrons.